The molecule has 1 aromatic heterocycles. The second-order valence-corrected chi connectivity index (χ2v) is 7.05. The summed E-state index contributed by atoms with van der Waals surface area (Å²) in [5.74, 6) is 0.187. The molecule has 2 amide bonds. The van der Waals surface area contributed by atoms with Crippen LogP contribution in [-0.2, 0) is 28.9 Å². The van der Waals surface area contributed by atoms with Crippen LogP contribution in [0.15, 0.2) is 41.0 Å². The summed E-state index contributed by atoms with van der Waals surface area (Å²) in [7, 11) is 1.55. The van der Waals surface area contributed by atoms with Crippen molar-refractivity contribution < 1.29 is 18.7 Å². The highest BCUT2D eigenvalue weighted by Gasteiger charge is 2.17. The number of carbonyl (C=O) groups excluding carboxylic acids is 2. The topological polar surface area (TPSA) is 80.6 Å². The Morgan fingerprint density at radius 2 is 1.86 bits per heavy atom. The van der Waals surface area contributed by atoms with E-state index in [4.69, 9.17) is 9.15 Å². The Balaban J connectivity index is 1.56. The quantitative estimate of drug-likeness (QED) is 0.701. The second-order valence-electron chi connectivity index (χ2n) is 7.05. The maximum atomic E-state index is 12.7. The number of aryl methyl sites for hydroxylation is 2. The lowest BCUT2D eigenvalue weighted by molar-refractivity contribution is -0.116. The fraction of sp³-hybridized carbons (Fsp3) is 0.273. The van der Waals surface area contributed by atoms with E-state index < -0.39 is 0 Å². The largest absolute Gasteiger partial charge is 0.497 e. The zero-order chi connectivity index (χ0) is 19.7. The van der Waals surface area contributed by atoms with E-state index in [1.165, 1.54) is 24.5 Å². The van der Waals surface area contributed by atoms with Gasteiger partial charge in [0.2, 0.25) is 11.8 Å². The van der Waals surface area contributed by atoms with Crippen LogP contribution in [0.25, 0.3) is 11.0 Å². The molecule has 28 heavy (non-hydrogen) atoms. The average molecular weight is 378 g/mol. The third-order valence-electron chi connectivity index (χ3n) is 5.03. The first kappa shape index (κ1) is 18.1. The molecule has 4 rings (SSSR count). The summed E-state index contributed by atoms with van der Waals surface area (Å²) in [4.78, 5) is 24.1. The molecule has 2 N–H and O–H groups in total. The SMILES string of the molecule is COc1ccc(NC(C)=O)c(NC(=O)Cc2coc3cc4c(cc23)CCC4)c1. The molecule has 6 nitrogen and oxygen atoms in total. The Morgan fingerprint density at radius 1 is 1.07 bits per heavy atom. The Morgan fingerprint density at radius 3 is 2.61 bits per heavy atom. The standard InChI is InChI=1S/C22H22N2O4/c1-13(25)23-19-7-6-17(27-2)11-20(19)24-22(26)10-16-12-28-21-9-15-5-3-4-14(15)8-18(16)21/h6-9,11-12H,3-5,10H2,1-2H3,(H,23,25)(H,24,26). The minimum Gasteiger partial charge on any atom is -0.497 e. The molecule has 0 atom stereocenters. The zero-order valence-electron chi connectivity index (χ0n) is 15.9. The fourth-order valence-corrected chi connectivity index (χ4v) is 3.70. The molecule has 0 saturated heterocycles. The molecule has 144 valence electrons. The van der Waals surface area contributed by atoms with Crippen LogP contribution in [0, 0.1) is 0 Å². The van der Waals surface area contributed by atoms with Gasteiger partial charge >= 0.3 is 0 Å². The molecule has 0 fully saturated rings. The van der Waals surface area contributed by atoms with Crippen molar-refractivity contribution in [1.29, 1.82) is 0 Å². The Kier molecular flexibility index (Phi) is 4.77. The van der Waals surface area contributed by atoms with Gasteiger partial charge in [-0.25, -0.2) is 0 Å². The van der Waals surface area contributed by atoms with Gasteiger partial charge in [0.25, 0.3) is 0 Å². The van der Waals surface area contributed by atoms with Crippen LogP contribution in [-0.4, -0.2) is 18.9 Å². The number of furan rings is 1. The van der Waals surface area contributed by atoms with Gasteiger partial charge in [-0.3, -0.25) is 9.59 Å². The van der Waals surface area contributed by atoms with Crippen molar-refractivity contribution >= 4 is 34.2 Å². The number of nitrogens with one attached hydrogen (secondary N) is 2. The maximum absolute atomic E-state index is 12.7. The van der Waals surface area contributed by atoms with E-state index in [9.17, 15) is 9.59 Å². The van der Waals surface area contributed by atoms with Gasteiger partial charge in [0.05, 0.1) is 31.2 Å². The lowest BCUT2D eigenvalue weighted by atomic mass is 10.0. The Bertz CT molecular complexity index is 1070. The summed E-state index contributed by atoms with van der Waals surface area (Å²) in [6.07, 6.45) is 5.16. The van der Waals surface area contributed by atoms with Crippen molar-refractivity contribution in [2.45, 2.75) is 32.6 Å². The molecule has 0 bridgehead atoms. The van der Waals surface area contributed by atoms with Crippen molar-refractivity contribution in [2.24, 2.45) is 0 Å². The monoisotopic (exact) mass is 378 g/mol. The van der Waals surface area contributed by atoms with Crippen LogP contribution in [0.4, 0.5) is 11.4 Å². The van der Waals surface area contributed by atoms with Gasteiger partial charge in [-0.05, 0) is 54.7 Å². The predicted molar refractivity (Wildman–Crippen MR) is 108 cm³/mol. The number of benzene rings is 2. The van der Waals surface area contributed by atoms with E-state index in [0.717, 1.165) is 29.4 Å². The van der Waals surface area contributed by atoms with Crippen LogP contribution in [0.1, 0.15) is 30.0 Å². The smallest absolute Gasteiger partial charge is 0.228 e. The fourth-order valence-electron chi connectivity index (χ4n) is 3.70. The van der Waals surface area contributed by atoms with Gasteiger partial charge in [-0.15, -0.1) is 0 Å². The number of rotatable bonds is 5. The molecule has 1 aliphatic carbocycles. The number of hydrogen-bond donors (Lipinski definition) is 2. The first-order chi connectivity index (χ1) is 13.5. The summed E-state index contributed by atoms with van der Waals surface area (Å²) in [6, 6.07) is 9.36. The van der Waals surface area contributed by atoms with Crippen LogP contribution in [0.3, 0.4) is 0 Å². The van der Waals surface area contributed by atoms with Crippen molar-refractivity contribution in [1.82, 2.24) is 0 Å². The predicted octanol–water partition coefficient (Wildman–Crippen LogP) is 4.07. The number of hydrogen-bond acceptors (Lipinski definition) is 4. The molecular formula is C22H22N2O4. The van der Waals surface area contributed by atoms with Crippen LogP contribution in [0.2, 0.25) is 0 Å². The molecule has 0 aliphatic heterocycles. The number of anilines is 2. The summed E-state index contributed by atoms with van der Waals surface area (Å²) in [5.41, 5.74) is 5.38. The van der Waals surface area contributed by atoms with E-state index in [1.54, 1.807) is 31.6 Å². The van der Waals surface area contributed by atoms with Crippen LogP contribution < -0.4 is 15.4 Å². The van der Waals surface area contributed by atoms with E-state index in [2.05, 4.69) is 22.8 Å². The molecule has 1 aliphatic rings. The molecule has 3 aromatic rings. The van der Waals surface area contributed by atoms with Gasteiger partial charge in [-0.1, -0.05) is 0 Å². The summed E-state index contributed by atoms with van der Waals surface area (Å²) in [5, 5.41) is 6.58. The minimum absolute atomic E-state index is 0.183. The highest BCUT2D eigenvalue weighted by molar-refractivity contribution is 6.01. The summed E-state index contributed by atoms with van der Waals surface area (Å²) >= 11 is 0. The molecule has 0 spiro atoms. The highest BCUT2D eigenvalue weighted by Crippen LogP contribution is 2.31. The normalized spacial score (nSPS) is 12.6. The van der Waals surface area contributed by atoms with Gasteiger partial charge in [0, 0.05) is 23.9 Å². The van der Waals surface area contributed by atoms with E-state index in [0.29, 0.717) is 17.1 Å². The molecule has 6 heteroatoms. The number of ether oxygens (including phenoxy) is 1. The Labute approximate surface area is 162 Å². The number of methoxy groups -OCH3 is 1. The third-order valence-corrected chi connectivity index (χ3v) is 5.03. The van der Waals surface area contributed by atoms with E-state index in [1.807, 2.05) is 0 Å². The molecule has 2 aromatic carbocycles. The van der Waals surface area contributed by atoms with E-state index >= 15 is 0 Å². The van der Waals surface area contributed by atoms with Crippen LogP contribution >= 0.6 is 0 Å². The highest BCUT2D eigenvalue weighted by atomic mass is 16.5. The molecule has 1 heterocycles. The first-order valence-electron chi connectivity index (χ1n) is 9.31. The van der Waals surface area contributed by atoms with Crippen molar-refractivity contribution in [3.05, 3.63) is 53.3 Å². The summed E-state index contributed by atoms with van der Waals surface area (Å²) < 4.78 is 10.9. The third kappa shape index (κ3) is 3.58. The second kappa shape index (κ2) is 7.38. The van der Waals surface area contributed by atoms with Gasteiger partial charge in [0.15, 0.2) is 0 Å². The number of amides is 2. The van der Waals surface area contributed by atoms with Gasteiger partial charge in [0.1, 0.15) is 11.3 Å². The van der Waals surface area contributed by atoms with Gasteiger partial charge in [-0.2, -0.15) is 0 Å². The zero-order valence-corrected chi connectivity index (χ0v) is 15.9. The molecular weight excluding hydrogens is 356 g/mol. The van der Waals surface area contributed by atoms with Crippen molar-refractivity contribution in [3.8, 4) is 5.75 Å². The first-order valence-corrected chi connectivity index (χ1v) is 9.31. The van der Waals surface area contributed by atoms with Gasteiger partial charge < -0.3 is 19.8 Å². The lowest BCUT2D eigenvalue weighted by Gasteiger charge is -2.13. The molecule has 0 saturated carbocycles. The van der Waals surface area contributed by atoms with Crippen molar-refractivity contribution in [3.63, 3.8) is 0 Å². The number of carbonyl (C=O) groups is 2. The average Bonchev–Trinajstić information content (AvgIpc) is 3.27. The molecule has 0 unspecified atom stereocenters. The maximum Gasteiger partial charge on any atom is 0.228 e. The lowest BCUT2D eigenvalue weighted by Crippen LogP contribution is -2.17. The molecule has 0 radical (unpaired) electrons. The van der Waals surface area contributed by atoms with E-state index in [-0.39, 0.29) is 18.2 Å². The summed E-state index contributed by atoms with van der Waals surface area (Å²) in [6.45, 7) is 1.42. The number of fused-ring (bicyclic) bond motifs is 2. The van der Waals surface area contributed by atoms with Crippen LogP contribution in [0.5, 0.6) is 5.75 Å². The van der Waals surface area contributed by atoms with Crippen molar-refractivity contribution in [2.75, 3.05) is 17.7 Å². The minimum atomic E-state index is -0.213. The Hall–Kier alpha value is -3.28.